The molecule has 3 rings (SSSR count). The second-order valence-electron chi connectivity index (χ2n) is 5.75. The van der Waals surface area contributed by atoms with E-state index in [1.807, 2.05) is 11.8 Å². The highest BCUT2D eigenvalue weighted by Gasteiger charge is 2.38. The van der Waals surface area contributed by atoms with Gasteiger partial charge in [0.05, 0.1) is 0 Å². The number of likely N-dealkylation sites (tertiary alicyclic amines) is 1. The number of thioether (sulfide) groups is 1. The molecule has 1 amide bonds. The van der Waals surface area contributed by atoms with Crippen molar-refractivity contribution in [2.75, 3.05) is 31.3 Å². The largest absolute Gasteiger partial charge is 0.381 e. The summed E-state index contributed by atoms with van der Waals surface area (Å²) in [6.07, 6.45) is 5.81. The van der Waals surface area contributed by atoms with Crippen molar-refractivity contribution in [2.45, 2.75) is 38.1 Å². The average Bonchev–Trinajstić information content (AvgIpc) is 3.10. The molecule has 3 nitrogen and oxygen atoms in total. The monoisotopic (exact) mass is 269 g/mol. The van der Waals surface area contributed by atoms with Crippen molar-refractivity contribution in [3.05, 3.63) is 0 Å². The standard InChI is InChI=1S/C14H23NO2S/c16-14(12-5-9-18-10-12)15-6-1-2-13(15)11-3-7-17-8-4-11/h11-13H,1-10H2. The lowest BCUT2D eigenvalue weighted by Crippen LogP contribution is -2.44. The second-order valence-corrected chi connectivity index (χ2v) is 6.90. The number of carbonyl (C=O) groups excluding carboxylic acids is 1. The summed E-state index contributed by atoms with van der Waals surface area (Å²) in [6, 6.07) is 0.520. The number of hydrogen-bond donors (Lipinski definition) is 0. The van der Waals surface area contributed by atoms with Gasteiger partial charge in [-0.15, -0.1) is 0 Å². The van der Waals surface area contributed by atoms with Crippen LogP contribution < -0.4 is 0 Å². The van der Waals surface area contributed by atoms with Crippen LogP contribution in [0.3, 0.4) is 0 Å². The predicted octanol–water partition coefficient (Wildman–Crippen LogP) is 2.16. The molecule has 0 saturated carbocycles. The lowest BCUT2D eigenvalue weighted by atomic mass is 9.89. The molecule has 2 unspecified atom stereocenters. The highest BCUT2D eigenvalue weighted by Crippen LogP contribution is 2.33. The first-order valence-electron chi connectivity index (χ1n) is 7.32. The van der Waals surface area contributed by atoms with E-state index in [-0.39, 0.29) is 0 Å². The zero-order chi connectivity index (χ0) is 12.4. The first kappa shape index (κ1) is 12.8. The molecule has 2 atom stereocenters. The van der Waals surface area contributed by atoms with Gasteiger partial charge in [-0.2, -0.15) is 11.8 Å². The number of rotatable bonds is 2. The van der Waals surface area contributed by atoms with Crippen molar-refractivity contribution in [1.29, 1.82) is 0 Å². The van der Waals surface area contributed by atoms with Crippen molar-refractivity contribution in [3.8, 4) is 0 Å². The number of amides is 1. The van der Waals surface area contributed by atoms with E-state index < -0.39 is 0 Å². The molecule has 0 spiro atoms. The Morgan fingerprint density at radius 2 is 2.00 bits per heavy atom. The number of ether oxygens (including phenoxy) is 1. The van der Waals surface area contributed by atoms with E-state index in [0.717, 1.165) is 44.8 Å². The first-order chi connectivity index (χ1) is 8.86. The molecule has 3 fully saturated rings. The fraction of sp³-hybridized carbons (Fsp3) is 0.929. The van der Waals surface area contributed by atoms with E-state index in [0.29, 0.717) is 23.8 Å². The smallest absolute Gasteiger partial charge is 0.226 e. The van der Waals surface area contributed by atoms with Gasteiger partial charge >= 0.3 is 0 Å². The molecule has 0 N–H and O–H groups in total. The number of carbonyl (C=O) groups is 1. The highest BCUT2D eigenvalue weighted by molar-refractivity contribution is 7.99. The molecule has 3 saturated heterocycles. The van der Waals surface area contributed by atoms with Crippen LogP contribution in [0.1, 0.15) is 32.1 Å². The van der Waals surface area contributed by atoms with E-state index in [9.17, 15) is 4.79 Å². The van der Waals surface area contributed by atoms with Gasteiger partial charge in [0.15, 0.2) is 0 Å². The molecule has 4 heteroatoms. The maximum Gasteiger partial charge on any atom is 0.226 e. The average molecular weight is 269 g/mol. The SMILES string of the molecule is O=C(C1CCSC1)N1CCCC1C1CCOCC1. The summed E-state index contributed by atoms with van der Waals surface area (Å²) in [7, 11) is 0. The maximum atomic E-state index is 12.6. The molecular weight excluding hydrogens is 246 g/mol. The van der Waals surface area contributed by atoms with Crippen molar-refractivity contribution in [1.82, 2.24) is 4.90 Å². The van der Waals surface area contributed by atoms with Crippen LogP contribution in [0.15, 0.2) is 0 Å². The second kappa shape index (κ2) is 5.83. The molecule has 3 aliphatic rings. The molecule has 3 aliphatic heterocycles. The van der Waals surface area contributed by atoms with Gasteiger partial charge < -0.3 is 9.64 Å². The van der Waals surface area contributed by atoms with E-state index in [4.69, 9.17) is 4.74 Å². The van der Waals surface area contributed by atoms with E-state index >= 15 is 0 Å². The summed E-state index contributed by atoms with van der Waals surface area (Å²) >= 11 is 1.94. The van der Waals surface area contributed by atoms with Crippen molar-refractivity contribution < 1.29 is 9.53 Å². The third kappa shape index (κ3) is 2.55. The zero-order valence-corrected chi connectivity index (χ0v) is 11.8. The van der Waals surface area contributed by atoms with Crippen LogP contribution in [0.25, 0.3) is 0 Å². The Bertz CT molecular complexity index is 298. The van der Waals surface area contributed by atoms with Gasteiger partial charge in [0.25, 0.3) is 0 Å². The van der Waals surface area contributed by atoms with Gasteiger partial charge in [-0.1, -0.05) is 0 Å². The van der Waals surface area contributed by atoms with Crippen LogP contribution in [0.4, 0.5) is 0 Å². The zero-order valence-electron chi connectivity index (χ0n) is 11.0. The van der Waals surface area contributed by atoms with Gasteiger partial charge in [-0.25, -0.2) is 0 Å². The molecule has 0 aromatic carbocycles. The Morgan fingerprint density at radius 3 is 2.72 bits per heavy atom. The highest BCUT2D eigenvalue weighted by atomic mass is 32.2. The minimum Gasteiger partial charge on any atom is -0.381 e. The van der Waals surface area contributed by atoms with Crippen molar-refractivity contribution in [2.24, 2.45) is 11.8 Å². The molecule has 0 aliphatic carbocycles. The lowest BCUT2D eigenvalue weighted by molar-refractivity contribution is -0.137. The Hall–Kier alpha value is -0.220. The summed E-state index contributed by atoms with van der Waals surface area (Å²) in [6.45, 7) is 2.78. The fourth-order valence-electron chi connectivity index (χ4n) is 3.62. The van der Waals surface area contributed by atoms with E-state index in [1.54, 1.807) is 0 Å². The van der Waals surface area contributed by atoms with Crippen molar-refractivity contribution >= 4 is 17.7 Å². The molecule has 0 aromatic rings. The molecule has 0 bridgehead atoms. The summed E-state index contributed by atoms with van der Waals surface area (Å²) in [5.41, 5.74) is 0. The minimum absolute atomic E-state index is 0.315. The van der Waals surface area contributed by atoms with Gasteiger partial charge in [0, 0.05) is 37.5 Å². The molecule has 3 heterocycles. The summed E-state index contributed by atoms with van der Waals surface area (Å²) in [5, 5.41) is 0. The van der Waals surface area contributed by atoms with E-state index in [1.165, 1.54) is 18.6 Å². The Kier molecular flexibility index (Phi) is 4.14. The minimum atomic E-state index is 0.315. The number of hydrogen-bond acceptors (Lipinski definition) is 3. The fourth-order valence-corrected chi connectivity index (χ4v) is 4.83. The Balaban J connectivity index is 1.64. The normalized spacial score (nSPS) is 34.1. The third-order valence-electron chi connectivity index (χ3n) is 4.67. The van der Waals surface area contributed by atoms with Crippen LogP contribution in [0.5, 0.6) is 0 Å². The Morgan fingerprint density at radius 1 is 1.17 bits per heavy atom. The van der Waals surface area contributed by atoms with Crippen LogP contribution in [-0.4, -0.2) is 48.1 Å². The molecule has 0 radical (unpaired) electrons. The molecule has 18 heavy (non-hydrogen) atoms. The molecular formula is C14H23NO2S. The predicted molar refractivity (Wildman–Crippen MR) is 73.7 cm³/mol. The molecule has 102 valence electrons. The van der Waals surface area contributed by atoms with E-state index in [2.05, 4.69) is 4.90 Å². The van der Waals surface area contributed by atoms with Crippen LogP contribution in [0.2, 0.25) is 0 Å². The topological polar surface area (TPSA) is 29.5 Å². The summed E-state index contributed by atoms with van der Waals surface area (Å²) in [4.78, 5) is 14.8. The lowest BCUT2D eigenvalue weighted by Gasteiger charge is -2.35. The van der Waals surface area contributed by atoms with Crippen LogP contribution in [0, 0.1) is 11.8 Å². The first-order valence-corrected chi connectivity index (χ1v) is 8.47. The number of nitrogens with zero attached hydrogens (tertiary/aromatic N) is 1. The van der Waals surface area contributed by atoms with Crippen LogP contribution >= 0.6 is 11.8 Å². The van der Waals surface area contributed by atoms with Gasteiger partial charge in [0.2, 0.25) is 5.91 Å². The Labute approximate surface area is 114 Å². The quantitative estimate of drug-likeness (QED) is 0.769. The van der Waals surface area contributed by atoms with Crippen LogP contribution in [-0.2, 0) is 9.53 Å². The third-order valence-corrected chi connectivity index (χ3v) is 5.83. The summed E-state index contributed by atoms with van der Waals surface area (Å²) < 4.78 is 5.45. The van der Waals surface area contributed by atoms with Crippen molar-refractivity contribution in [3.63, 3.8) is 0 Å². The van der Waals surface area contributed by atoms with Gasteiger partial charge in [-0.05, 0) is 43.8 Å². The van der Waals surface area contributed by atoms with Gasteiger partial charge in [0.1, 0.15) is 0 Å². The summed E-state index contributed by atoms with van der Waals surface area (Å²) in [5.74, 6) is 3.69. The maximum absolute atomic E-state index is 12.6. The van der Waals surface area contributed by atoms with Gasteiger partial charge in [-0.3, -0.25) is 4.79 Å². The molecule has 0 aromatic heterocycles.